The number of rotatable bonds is 8. The van der Waals surface area contributed by atoms with Crippen LogP contribution in [0.2, 0.25) is 0 Å². The first-order chi connectivity index (χ1) is 26.2. The van der Waals surface area contributed by atoms with Crippen LogP contribution in [0, 0.1) is 0 Å². The van der Waals surface area contributed by atoms with Crippen LogP contribution in [0.25, 0.3) is 32.7 Å². The predicted molar refractivity (Wildman–Crippen MR) is 234 cm³/mol. The van der Waals surface area contributed by atoms with Crippen LogP contribution in [-0.2, 0) is 15.1 Å². The number of hydrogen-bond acceptors (Lipinski definition) is 2. The topological polar surface area (TPSA) is 52.0 Å². The van der Waals surface area contributed by atoms with Gasteiger partial charge < -0.3 is 11.5 Å². The fourth-order valence-corrected chi connectivity index (χ4v) is 11.5. The number of halogens is 2. The van der Waals surface area contributed by atoms with Crippen molar-refractivity contribution in [2.75, 3.05) is 13.1 Å². The van der Waals surface area contributed by atoms with Crippen LogP contribution < -0.4 is 43.3 Å². The number of benzene rings is 8. The van der Waals surface area contributed by atoms with Gasteiger partial charge in [0.05, 0.1) is 0 Å². The SMILES string of the molecule is NCCN.[Cl][Ru][Cl].c1ccc(P(c2ccccc2)c2ccc3ccccc3c2-c2c(P(c3ccccc3)c3ccccc3)ccc3ccccc23)cc1. The molecule has 0 unspecified atom stereocenters. The van der Waals surface area contributed by atoms with Gasteiger partial charge in [-0.1, -0.05) is 194 Å². The van der Waals surface area contributed by atoms with E-state index in [9.17, 15) is 0 Å². The molecule has 0 amide bonds. The molecule has 2 nitrogen and oxygen atoms in total. The minimum absolute atomic E-state index is 0.346. The van der Waals surface area contributed by atoms with Crippen LogP contribution in [0.4, 0.5) is 0 Å². The van der Waals surface area contributed by atoms with Crippen molar-refractivity contribution in [3.8, 4) is 11.1 Å². The summed E-state index contributed by atoms with van der Waals surface area (Å²) >= 11 is -0.346. The van der Waals surface area contributed by atoms with Crippen LogP contribution in [0.3, 0.4) is 0 Å². The Labute approximate surface area is 331 Å². The Balaban J connectivity index is 0.000000636. The quantitative estimate of drug-likeness (QED) is 0.118. The summed E-state index contributed by atoms with van der Waals surface area (Å²) in [4.78, 5) is 0. The Hall–Kier alpha value is -3.74. The molecule has 0 saturated heterocycles. The predicted octanol–water partition coefficient (Wildman–Crippen LogP) is 9.46. The van der Waals surface area contributed by atoms with Gasteiger partial charge in [0.1, 0.15) is 0 Å². The maximum atomic E-state index is 4.90. The van der Waals surface area contributed by atoms with Crippen molar-refractivity contribution in [1.29, 1.82) is 0 Å². The van der Waals surface area contributed by atoms with E-state index in [2.05, 4.69) is 194 Å². The molecule has 8 rings (SSSR count). The van der Waals surface area contributed by atoms with Gasteiger partial charge in [0, 0.05) is 13.1 Å². The van der Waals surface area contributed by atoms with Crippen LogP contribution in [0.1, 0.15) is 0 Å². The average Bonchev–Trinajstić information content (AvgIpc) is 3.23. The third kappa shape index (κ3) is 9.32. The minimum Gasteiger partial charge on any atom is -0.0622 e. The van der Waals surface area contributed by atoms with E-state index in [1.807, 2.05) is 0 Å². The van der Waals surface area contributed by atoms with E-state index in [-0.39, 0.29) is 15.1 Å². The van der Waals surface area contributed by atoms with E-state index in [0.717, 1.165) is 0 Å². The molecule has 266 valence electrons. The van der Waals surface area contributed by atoms with E-state index in [0.29, 0.717) is 13.1 Å². The zero-order valence-electron chi connectivity index (χ0n) is 29.0. The summed E-state index contributed by atoms with van der Waals surface area (Å²) in [5.74, 6) is 0. The maximum absolute atomic E-state index is 4.90. The molecule has 8 aromatic rings. The van der Waals surface area contributed by atoms with Crippen molar-refractivity contribution in [1.82, 2.24) is 0 Å². The van der Waals surface area contributed by atoms with E-state index >= 15 is 0 Å². The average molecular weight is 855 g/mol. The molecule has 53 heavy (non-hydrogen) atoms. The molecule has 8 aromatic carbocycles. The molecule has 0 aliphatic carbocycles. The zero-order valence-corrected chi connectivity index (χ0v) is 34.1. The Kier molecular flexibility index (Phi) is 14.8. The van der Waals surface area contributed by atoms with Crippen molar-refractivity contribution in [2.24, 2.45) is 11.5 Å². The fraction of sp³-hybridized carbons (Fsp3) is 0.0435. The standard InChI is InChI=1S/C44H32P2.C2H8N2.2ClH.Ru/c1-5-19-35(20-6-1)45(36-21-7-2-8-22-36)41-31-29-33-17-13-15-27-39(33)43(41)44-40-28-16-14-18-34(40)30-32-42(44)46(37-23-9-3-10-24-37)38-25-11-4-12-26-38;3-1-2-4;;;/h1-32H;1-4H2;2*1H;/q;;;;+2/p-2. The second kappa shape index (κ2) is 20.1. The molecule has 0 fully saturated rings. The summed E-state index contributed by atoms with van der Waals surface area (Å²) in [5.41, 5.74) is 12.5. The van der Waals surface area contributed by atoms with Crippen molar-refractivity contribution < 1.29 is 15.1 Å². The number of fused-ring (bicyclic) bond motifs is 2. The third-order valence-corrected chi connectivity index (χ3v) is 13.7. The van der Waals surface area contributed by atoms with Crippen LogP contribution in [0.5, 0.6) is 0 Å². The monoisotopic (exact) mass is 854 g/mol. The molecular formula is C46H40Cl2N2P2Ru. The Morgan fingerprint density at radius 2 is 0.623 bits per heavy atom. The zero-order chi connectivity index (χ0) is 36.8. The molecule has 0 atom stereocenters. The molecule has 0 heterocycles. The molecule has 0 aliphatic rings. The fourth-order valence-electron chi connectivity index (χ4n) is 6.58. The summed E-state index contributed by atoms with van der Waals surface area (Å²) in [5, 5.41) is 13.3. The smallest absolute Gasteiger partial charge is 0.000884 e. The molecular weight excluding hydrogens is 814 g/mol. The van der Waals surface area contributed by atoms with Crippen LogP contribution in [-0.4, -0.2) is 13.1 Å². The van der Waals surface area contributed by atoms with Gasteiger partial charge in [-0.25, -0.2) is 0 Å². The van der Waals surface area contributed by atoms with Gasteiger partial charge in [-0.05, 0) is 80.3 Å². The first-order valence-corrected chi connectivity index (χ1v) is 24.5. The molecule has 0 radical (unpaired) electrons. The summed E-state index contributed by atoms with van der Waals surface area (Å²) in [6.07, 6.45) is 0. The van der Waals surface area contributed by atoms with E-state index in [4.69, 9.17) is 30.8 Å². The summed E-state index contributed by atoms with van der Waals surface area (Å²) in [7, 11) is 8.00. The first kappa shape index (κ1) is 39.0. The van der Waals surface area contributed by atoms with Gasteiger partial charge in [0.2, 0.25) is 0 Å². The Morgan fingerprint density at radius 1 is 0.358 bits per heavy atom. The summed E-state index contributed by atoms with van der Waals surface area (Å²) < 4.78 is 0. The van der Waals surface area contributed by atoms with Gasteiger partial charge in [0.15, 0.2) is 0 Å². The molecule has 0 spiro atoms. The molecule has 4 N–H and O–H groups in total. The third-order valence-electron chi connectivity index (χ3n) is 8.77. The largest absolute Gasteiger partial charge is 0.0622 e. The minimum atomic E-state index is -0.852. The van der Waals surface area contributed by atoms with Crippen LogP contribution >= 0.6 is 35.2 Å². The first-order valence-electron chi connectivity index (χ1n) is 17.3. The molecule has 0 aromatic heterocycles. The van der Waals surface area contributed by atoms with Gasteiger partial charge >= 0.3 is 34.5 Å². The summed E-state index contributed by atoms with van der Waals surface area (Å²) in [6.45, 7) is 1.19. The van der Waals surface area contributed by atoms with Crippen molar-refractivity contribution in [3.05, 3.63) is 194 Å². The van der Waals surface area contributed by atoms with Crippen molar-refractivity contribution >= 4 is 88.6 Å². The molecule has 0 bridgehead atoms. The van der Waals surface area contributed by atoms with Crippen LogP contribution in [0.15, 0.2) is 194 Å². The Morgan fingerprint density at radius 3 is 0.906 bits per heavy atom. The van der Waals surface area contributed by atoms with Gasteiger partial charge in [-0.15, -0.1) is 0 Å². The van der Waals surface area contributed by atoms with Crippen molar-refractivity contribution in [2.45, 2.75) is 0 Å². The van der Waals surface area contributed by atoms with Gasteiger partial charge in [-0.3, -0.25) is 0 Å². The maximum Gasteiger partial charge on any atom is -0.000884 e. The molecule has 7 heteroatoms. The normalized spacial score (nSPS) is 10.9. The number of hydrogen-bond donors (Lipinski definition) is 2. The number of nitrogens with two attached hydrogens (primary N) is 2. The second-order valence-corrected chi connectivity index (χ2v) is 19.0. The van der Waals surface area contributed by atoms with E-state index in [1.165, 1.54) is 64.5 Å². The van der Waals surface area contributed by atoms with Crippen molar-refractivity contribution in [3.63, 3.8) is 0 Å². The second-order valence-electron chi connectivity index (χ2n) is 12.0. The van der Waals surface area contributed by atoms with Gasteiger partial charge in [0.25, 0.3) is 0 Å². The van der Waals surface area contributed by atoms with E-state index < -0.39 is 15.8 Å². The van der Waals surface area contributed by atoms with E-state index in [1.54, 1.807) is 0 Å². The molecule has 0 saturated carbocycles. The van der Waals surface area contributed by atoms with Gasteiger partial charge in [-0.2, -0.15) is 0 Å². The molecule has 0 aliphatic heterocycles. The summed E-state index contributed by atoms with van der Waals surface area (Å²) in [6, 6.07) is 71.8. The Bertz CT molecular complexity index is 2090.